The lowest BCUT2D eigenvalue weighted by atomic mass is 10.1. The minimum Gasteiger partial charge on any atom is -0.330 e. The number of amides is 1. The predicted molar refractivity (Wildman–Crippen MR) is 103 cm³/mol. The Bertz CT molecular complexity index is 925. The van der Waals surface area contributed by atoms with Gasteiger partial charge < -0.3 is 4.90 Å². The van der Waals surface area contributed by atoms with Gasteiger partial charge in [-0.2, -0.15) is 0 Å². The molecule has 1 saturated heterocycles. The first-order valence-corrected chi connectivity index (χ1v) is 9.27. The Morgan fingerprint density at radius 1 is 1.00 bits per heavy atom. The third-order valence-electron chi connectivity index (χ3n) is 5.00. The third kappa shape index (κ3) is 3.90. The number of hydrogen-bond donors (Lipinski definition) is 0. The molecule has 3 aromatic rings. The SMILES string of the molecule is O=C(c1ccc(F)cc1)N1CCC[C@@H]1c1cccc(Cc2ccccc2)n1. The van der Waals surface area contributed by atoms with E-state index >= 15 is 0 Å². The highest BCUT2D eigenvalue weighted by molar-refractivity contribution is 5.94. The summed E-state index contributed by atoms with van der Waals surface area (Å²) in [4.78, 5) is 19.6. The van der Waals surface area contributed by atoms with Crippen molar-refractivity contribution in [2.24, 2.45) is 0 Å². The Kier molecular flexibility index (Phi) is 4.97. The molecular formula is C23H21FN2O. The van der Waals surface area contributed by atoms with Crippen LogP contribution in [0.25, 0.3) is 0 Å². The van der Waals surface area contributed by atoms with Crippen LogP contribution in [0.4, 0.5) is 4.39 Å². The van der Waals surface area contributed by atoms with Crippen LogP contribution in [0.15, 0.2) is 72.8 Å². The Morgan fingerprint density at radius 2 is 1.78 bits per heavy atom. The summed E-state index contributed by atoms with van der Waals surface area (Å²) in [6.07, 6.45) is 2.62. The third-order valence-corrected chi connectivity index (χ3v) is 5.00. The number of rotatable bonds is 4. The Morgan fingerprint density at radius 3 is 2.56 bits per heavy atom. The van der Waals surface area contributed by atoms with Crippen molar-refractivity contribution in [1.82, 2.24) is 9.88 Å². The van der Waals surface area contributed by atoms with Crippen molar-refractivity contribution in [3.8, 4) is 0 Å². The molecule has 1 amide bonds. The molecule has 136 valence electrons. The standard InChI is InChI=1S/C23H21FN2O/c24-19-13-11-18(12-14-19)23(27)26-15-5-10-22(26)21-9-4-8-20(25-21)16-17-6-2-1-3-7-17/h1-4,6-9,11-14,22H,5,10,15-16H2/t22-/m1/s1. The van der Waals surface area contributed by atoms with Crippen LogP contribution in [0, 0.1) is 5.82 Å². The number of carbonyl (C=O) groups excluding carboxylic acids is 1. The van der Waals surface area contributed by atoms with E-state index in [0.717, 1.165) is 30.7 Å². The maximum absolute atomic E-state index is 13.2. The fourth-order valence-electron chi connectivity index (χ4n) is 3.66. The second-order valence-corrected chi connectivity index (χ2v) is 6.88. The van der Waals surface area contributed by atoms with Gasteiger partial charge in [0.05, 0.1) is 11.7 Å². The summed E-state index contributed by atoms with van der Waals surface area (Å²) in [5.74, 6) is -0.396. The molecule has 1 fully saturated rings. The molecule has 0 spiro atoms. The summed E-state index contributed by atoms with van der Waals surface area (Å²) in [7, 11) is 0. The van der Waals surface area contributed by atoms with Crippen LogP contribution in [0.5, 0.6) is 0 Å². The van der Waals surface area contributed by atoms with Gasteiger partial charge in [0.1, 0.15) is 5.82 Å². The van der Waals surface area contributed by atoms with E-state index in [1.54, 1.807) is 12.1 Å². The molecule has 0 bridgehead atoms. The van der Waals surface area contributed by atoms with Crippen molar-refractivity contribution < 1.29 is 9.18 Å². The summed E-state index contributed by atoms with van der Waals surface area (Å²) in [5, 5.41) is 0. The molecule has 2 heterocycles. The largest absolute Gasteiger partial charge is 0.330 e. The highest BCUT2D eigenvalue weighted by atomic mass is 19.1. The first-order chi connectivity index (χ1) is 13.2. The minimum atomic E-state index is -0.334. The van der Waals surface area contributed by atoms with Crippen molar-refractivity contribution in [3.63, 3.8) is 0 Å². The van der Waals surface area contributed by atoms with Crippen molar-refractivity contribution >= 4 is 5.91 Å². The summed E-state index contributed by atoms with van der Waals surface area (Å²) >= 11 is 0. The Labute approximate surface area is 158 Å². The van der Waals surface area contributed by atoms with Crippen molar-refractivity contribution in [1.29, 1.82) is 0 Å². The van der Waals surface area contributed by atoms with Gasteiger partial charge >= 0.3 is 0 Å². The van der Waals surface area contributed by atoms with Gasteiger partial charge in [0.25, 0.3) is 5.91 Å². The van der Waals surface area contributed by atoms with Gasteiger partial charge in [-0.15, -0.1) is 0 Å². The monoisotopic (exact) mass is 360 g/mol. The molecule has 0 aliphatic carbocycles. The first kappa shape index (κ1) is 17.4. The highest BCUT2D eigenvalue weighted by Crippen LogP contribution is 2.32. The zero-order valence-electron chi connectivity index (χ0n) is 15.0. The van der Waals surface area contributed by atoms with Crippen LogP contribution in [0.1, 0.15) is 46.2 Å². The van der Waals surface area contributed by atoms with Crippen LogP contribution >= 0.6 is 0 Å². The predicted octanol–water partition coefficient (Wildman–Crippen LogP) is 4.79. The summed E-state index contributed by atoms with van der Waals surface area (Å²) in [6, 6.07) is 22.0. The van der Waals surface area contributed by atoms with Crippen LogP contribution in [0.3, 0.4) is 0 Å². The number of carbonyl (C=O) groups is 1. The molecule has 0 N–H and O–H groups in total. The van der Waals surface area contributed by atoms with E-state index in [4.69, 9.17) is 4.98 Å². The van der Waals surface area contributed by atoms with E-state index in [9.17, 15) is 9.18 Å². The highest BCUT2D eigenvalue weighted by Gasteiger charge is 2.31. The van der Waals surface area contributed by atoms with Gasteiger partial charge in [-0.3, -0.25) is 9.78 Å². The molecule has 1 atom stereocenters. The van der Waals surface area contributed by atoms with E-state index in [0.29, 0.717) is 12.1 Å². The minimum absolute atomic E-state index is 0.0294. The molecule has 0 saturated carbocycles. The molecule has 0 unspecified atom stereocenters. The number of likely N-dealkylation sites (tertiary alicyclic amines) is 1. The van der Waals surface area contributed by atoms with E-state index in [2.05, 4.69) is 12.1 Å². The smallest absolute Gasteiger partial charge is 0.254 e. The number of benzene rings is 2. The average molecular weight is 360 g/mol. The topological polar surface area (TPSA) is 33.2 Å². The lowest BCUT2D eigenvalue weighted by Gasteiger charge is -2.25. The zero-order valence-corrected chi connectivity index (χ0v) is 15.0. The summed E-state index contributed by atoms with van der Waals surface area (Å²) in [5.41, 5.74) is 3.66. The van der Waals surface area contributed by atoms with Crippen LogP contribution < -0.4 is 0 Å². The molecule has 2 aromatic carbocycles. The van der Waals surface area contributed by atoms with E-state index < -0.39 is 0 Å². The first-order valence-electron chi connectivity index (χ1n) is 9.27. The van der Waals surface area contributed by atoms with E-state index in [1.165, 1.54) is 17.7 Å². The number of hydrogen-bond acceptors (Lipinski definition) is 2. The molecule has 4 rings (SSSR count). The van der Waals surface area contributed by atoms with Gasteiger partial charge in [-0.25, -0.2) is 4.39 Å². The van der Waals surface area contributed by atoms with Crippen LogP contribution in [-0.2, 0) is 6.42 Å². The zero-order chi connectivity index (χ0) is 18.6. The van der Waals surface area contributed by atoms with E-state index in [-0.39, 0.29) is 17.8 Å². The molecule has 4 heteroatoms. The normalized spacial score (nSPS) is 16.5. The molecule has 27 heavy (non-hydrogen) atoms. The quantitative estimate of drug-likeness (QED) is 0.670. The van der Waals surface area contributed by atoms with Crippen molar-refractivity contribution in [3.05, 3.63) is 101 Å². The number of nitrogens with zero attached hydrogens (tertiary/aromatic N) is 2. The number of halogens is 1. The summed E-state index contributed by atoms with van der Waals surface area (Å²) in [6.45, 7) is 0.700. The number of aromatic nitrogens is 1. The van der Waals surface area contributed by atoms with Gasteiger partial charge in [-0.1, -0.05) is 36.4 Å². The fourth-order valence-corrected chi connectivity index (χ4v) is 3.66. The lowest BCUT2D eigenvalue weighted by molar-refractivity contribution is 0.0732. The van der Waals surface area contributed by atoms with Gasteiger partial charge in [0.15, 0.2) is 0 Å². The Balaban J connectivity index is 1.56. The maximum Gasteiger partial charge on any atom is 0.254 e. The molecule has 3 nitrogen and oxygen atoms in total. The second kappa shape index (κ2) is 7.70. The molecule has 1 aliphatic rings. The van der Waals surface area contributed by atoms with Gasteiger partial charge in [0.2, 0.25) is 0 Å². The van der Waals surface area contributed by atoms with Gasteiger partial charge in [-0.05, 0) is 54.8 Å². The lowest BCUT2D eigenvalue weighted by Crippen LogP contribution is -2.31. The maximum atomic E-state index is 13.2. The molecule has 1 aromatic heterocycles. The molecule has 1 aliphatic heterocycles. The second-order valence-electron chi connectivity index (χ2n) is 6.88. The Hall–Kier alpha value is -3.01. The molecule has 0 radical (unpaired) electrons. The van der Waals surface area contributed by atoms with E-state index in [1.807, 2.05) is 41.3 Å². The number of pyridine rings is 1. The van der Waals surface area contributed by atoms with Crippen LogP contribution in [0.2, 0.25) is 0 Å². The van der Waals surface area contributed by atoms with Crippen molar-refractivity contribution in [2.75, 3.05) is 6.54 Å². The fraction of sp³-hybridized carbons (Fsp3) is 0.217. The van der Waals surface area contributed by atoms with Crippen LogP contribution in [-0.4, -0.2) is 22.3 Å². The average Bonchev–Trinajstić information content (AvgIpc) is 3.19. The summed E-state index contributed by atoms with van der Waals surface area (Å²) < 4.78 is 13.2. The molecular weight excluding hydrogens is 339 g/mol. The van der Waals surface area contributed by atoms with Gasteiger partial charge in [0, 0.05) is 24.2 Å². The van der Waals surface area contributed by atoms with Crippen molar-refractivity contribution in [2.45, 2.75) is 25.3 Å².